The molecule has 0 unspecified atom stereocenters. The molecule has 0 spiro atoms. The molecule has 1 aromatic heterocycles. The third-order valence-corrected chi connectivity index (χ3v) is 4.68. The smallest absolute Gasteiger partial charge is 0.157 e. The average molecular weight is 355 g/mol. The molecule has 1 fully saturated rings. The number of hydrogen-bond donors (Lipinski definition) is 0. The van der Waals surface area contributed by atoms with E-state index in [-0.39, 0.29) is 6.23 Å². The Bertz CT molecular complexity index is 836. The first kappa shape index (κ1) is 16.3. The van der Waals surface area contributed by atoms with Gasteiger partial charge >= 0.3 is 0 Å². The predicted molar refractivity (Wildman–Crippen MR) is 96.1 cm³/mol. The molecular formula is C19H19ClN4O. The fraction of sp³-hybridized carbons (Fsp3) is 0.263. The Labute approximate surface area is 151 Å². The first-order valence-corrected chi connectivity index (χ1v) is 8.70. The number of aromatic nitrogens is 3. The first-order chi connectivity index (χ1) is 12.3. The number of halogens is 1. The van der Waals surface area contributed by atoms with Gasteiger partial charge in [0.05, 0.1) is 19.3 Å². The lowest BCUT2D eigenvalue weighted by Gasteiger charge is -2.20. The average Bonchev–Trinajstić information content (AvgIpc) is 3.27. The molecular weight excluding hydrogens is 336 g/mol. The summed E-state index contributed by atoms with van der Waals surface area (Å²) in [7, 11) is 0. The Morgan fingerprint density at radius 2 is 1.84 bits per heavy atom. The first-order valence-electron chi connectivity index (χ1n) is 8.32. The molecule has 6 heteroatoms. The van der Waals surface area contributed by atoms with Gasteiger partial charge in [-0.25, -0.2) is 4.68 Å². The van der Waals surface area contributed by atoms with E-state index in [1.165, 1.54) is 5.56 Å². The van der Waals surface area contributed by atoms with Gasteiger partial charge in [-0.05, 0) is 17.2 Å². The third-order valence-electron chi connectivity index (χ3n) is 4.31. The van der Waals surface area contributed by atoms with Crippen LogP contribution in [-0.4, -0.2) is 33.0 Å². The minimum absolute atomic E-state index is 0.153. The SMILES string of the molecule is Clc1ccccc1Cn1cc([C@@H]2OCCN2Cc2ccccc2)nn1. The predicted octanol–water partition coefficient (Wildman–Crippen LogP) is 3.51. The molecule has 3 aromatic rings. The number of ether oxygens (including phenoxy) is 1. The maximum atomic E-state index is 6.23. The van der Waals surface area contributed by atoms with Gasteiger partial charge in [0.25, 0.3) is 0 Å². The zero-order valence-electron chi connectivity index (χ0n) is 13.8. The fourth-order valence-corrected chi connectivity index (χ4v) is 3.26. The van der Waals surface area contributed by atoms with Crippen molar-refractivity contribution in [3.63, 3.8) is 0 Å². The molecule has 1 aliphatic heterocycles. The Hall–Kier alpha value is -2.21. The highest BCUT2D eigenvalue weighted by atomic mass is 35.5. The second-order valence-corrected chi connectivity index (χ2v) is 6.52. The van der Waals surface area contributed by atoms with Crippen LogP contribution in [0.2, 0.25) is 5.02 Å². The topological polar surface area (TPSA) is 43.2 Å². The van der Waals surface area contributed by atoms with Gasteiger partial charge in [0, 0.05) is 18.1 Å². The molecule has 0 saturated carbocycles. The number of benzene rings is 2. The molecule has 5 nitrogen and oxygen atoms in total. The summed E-state index contributed by atoms with van der Waals surface area (Å²) >= 11 is 6.23. The van der Waals surface area contributed by atoms with E-state index in [1.54, 1.807) is 4.68 Å². The highest BCUT2D eigenvalue weighted by Gasteiger charge is 2.29. The Kier molecular flexibility index (Phi) is 4.78. The van der Waals surface area contributed by atoms with Gasteiger partial charge in [-0.15, -0.1) is 5.10 Å². The quantitative estimate of drug-likeness (QED) is 0.703. The maximum absolute atomic E-state index is 6.23. The molecule has 1 atom stereocenters. The summed E-state index contributed by atoms with van der Waals surface area (Å²) in [6.45, 7) is 3.02. The van der Waals surface area contributed by atoms with E-state index < -0.39 is 0 Å². The second-order valence-electron chi connectivity index (χ2n) is 6.11. The molecule has 1 aliphatic rings. The van der Waals surface area contributed by atoms with Gasteiger partial charge < -0.3 is 4.74 Å². The molecule has 0 bridgehead atoms. The Morgan fingerprint density at radius 3 is 2.68 bits per heavy atom. The molecule has 25 heavy (non-hydrogen) atoms. The number of hydrogen-bond acceptors (Lipinski definition) is 4. The monoisotopic (exact) mass is 354 g/mol. The minimum Gasteiger partial charge on any atom is -0.356 e. The molecule has 0 radical (unpaired) electrons. The van der Waals surface area contributed by atoms with Gasteiger partial charge in [-0.1, -0.05) is 65.3 Å². The van der Waals surface area contributed by atoms with Crippen LogP contribution in [0.25, 0.3) is 0 Å². The largest absolute Gasteiger partial charge is 0.356 e. The summed E-state index contributed by atoms with van der Waals surface area (Å²) in [5.41, 5.74) is 3.12. The standard InChI is InChI=1S/C19H19ClN4O/c20-17-9-5-4-8-16(17)13-24-14-18(21-22-24)19-23(10-11-25-19)12-15-6-2-1-3-7-15/h1-9,14,19H,10-13H2/t19-/m0/s1. The molecule has 0 amide bonds. The van der Waals surface area contributed by atoms with Crippen molar-refractivity contribution in [2.45, 2.75) is 19.3 Å². The summed E-state index contributed by atoms with van der Waals surface area (Å²) in [5.74, 6) is 0. The molecule has 0 N–H and O–H groups in total. The van der Waals surface area contributed by atoms with Gasteiger partial charge in [0.15, 0.2) is 6.23 Å². The van der Waals surface area contributed by atoms with Crippen LogP contribution in [0.3, 0.4) is 0 Å². The molecule has 2 aromatic carbocycles. The van der Waals surface area contributed by atoms with Gasteiger partial charge in [0.2, 0.25) is 0 Å². The summed E-state index contributed by atoms with van der Waals surface area (Å²) < 4.78 is 7.70. The van der Waals surface area contributed by atoms with Crippen LogP contribution < -0.4 is 0 Å². The third kappa shape index (κ3) is 3.74. The van der Waals surface area contributed by atoms with Crippen LogP contribution in [0, 0.1) is 0 Å². The maximum Gasteiger partial charge on any atom is 0.157 e. The lowest BCUT2D eigenvalue weighted by Crippen LogP contribution is -2.23. The van der Waals surface area contributed by atoms with Crippen molar-refractivity contribution < 1.29 is 4.74 Å². The van der Waals surface area contributed by atoms with Crippen molar-refractivity contribution in [3.05, 3.63) is 82.6 Å². The zero-order valence-corrected chi connectivity index (χ0v) is 14.5. The summed E-state index contributed by atoms with van der Waals surface area (Å²) in [6.07, 6.45) is 1.79. The van der Waals surface area contributed by atoms with Crippen molar-refractivity contribution in [3.8, 4) is 0 Å². The molecule has 2 heterocycles. The van der Waals surface area contributed by atoms with Crippen LogP contribution in [0.15, 0.2) is 60.8 Å². The van der Waals surface area contributed by atoms with E-state index in [4.69, 9.17) is 16.3 Å². The minimum atomic E-state index is -0.153. The summed E-state index contributed by atoms with van der Waals surface area (Å²) in [5, 5.41) is 9.30. The lowest BCUT2D eigenvalue weighted by atomic mass is 10.2. The van der Waals surface area contributed by atoms with Crippen LogP contribution in [0.5, 0.6) is 0 Å². The number of rotatable bonds is 5. The van der Waals surface area contributed by atoms with Crippen molar-refractivity contribution >= 4 is 11.6 Å². The Balaban J connectivity index is 1.48. The van der Waals surface area contributed by atoms with Crippen molar-refractivity contribution in [1.82, 2.24) is 19.9 Å². The number of nitrogens with zero attached hydrogens (tertiary/aromatic N) is 4. The van der Waals surface area contributed by atoms with E-state index >= 15 is 0 Å². The van der Waals surface area contributed by atoms with Crippen LogP contribution in [0.4, 0.5) is 0 Å². The summed E-state index contributed by atoms with van der Waals surface area (Å²) in [4.78, 5) is 2.28. The van der Waals surface area contributed by atoms with Gasteiger partial charge in [-0.2, -0.15) is 0 Å². The van der Waals surface area contributed by atoms with Crippen LogP contribution in [0.1, 0.15) is 23.0 Å². The van der Waals surface area contributed by atoms with Gasteiger partial charge in [0.1, 0.15) is 5.69 Å². The van der Waals surface area contributed by atoms with E-state index in [9.17, 15) is 0 Å². The second kappa shape index (κ2) is 7.35. The van der Waals surface area contributed by atoms with E-state index in [0.29, 0.717) is 13.2 Å². The zero-order chi connectivity index (χ0) is 17.1. The fourth-order valence-electron chi connectivity index (χ4n) is 3.06. The van der Waals surface area contributed by atoms with Crippen molar-refractivity contribution in [2.24, 2.45) is 0 Å². The van der Waals surface area contributed by atoms with Crippen molar-refractivity contribution in [2.75, 3.05) is 13.2 Å². The Morgan fingerprint density at radius 1 is 1.04 bits per heavy atom. The van der Waals surface area contributed by atoms with Gasteiger partial charge in [-0.3, -0.25) is 4.90 Å². The lowest BCUT2D eigenvalue weighted by molar-refractivity contribution is 0.0252. The van der Waals surface area contributed by atoms with Crippen LogP contribution in [-0.2, 0) is 17.8 Å². The van der Waals surface area contributed by atoms with Crippen LogP contribution >= 0.6 is 11.6 Å². The molecule has 0 aliphatic carbocycles. The molecule has 128 valence electrons. The highest BCUT2D eigenvalue weighted by Crippen LogP contribution is 2.27. The molecule has 4 rings (SSSR count). The van der Waals surface area contributed by atoms with Crippen molar-refractivity contribution in [1.29, 1.82) is 0 Å². The molecule has 1 saturated heterocycles. The summed E-state index contributed by atoms with van der Waals surface area (Å²) in [6, 6.07) is 18.2. The van der Waals surface area contributed by atoms with E-state index in [0.717, 1.165) is 29.4 Å². The van der Waals surface area contributed by atoms with E-state index in [1.807, 2.05) is 36.5 Å². The normalized spacial score (nSPS) is 17.9. The van der Waals surface area contributed by atoms with E-state index in [2.05, 4.69) is 39.5 Å². The highest BCUT2D eigenvalue weighted by molar-refractivity contribution is 6.31.